The highest BCUT2D eigenvalue weighted by Gasteiger charge is 2.33. The average Bonchev–Trinajstić information content (AvgIpc) is 2.31. The van der Waals surface area contributed by atoms with Crippen LogP contribution >= 0.6 is 15.9 Å². The second kappa shape index (κ2) is 4.64. The molecule has 0 spiro atoms. The predicted octanol–water partition coefficient (Wildman–Crippen LogP) is 2.67. The summed E-state index contributed by atoms with van der Waals surface area (Å²) in [5.74, 6) is 0. The van der Waals surface area contributed by atoms with Gasteiger partial charge < -0.3 is 10.1 Å². The smallest absolute Gasteiger partial charge is 0.105 e. The lowest BCUT2D eigenvalue weighted by molar-refractivity contribution is -0.0737. The van der Waals surface area contributed by atoms with E-state index in [0.29, 0.717) is 0 Å². The van der Waals surface area contributed by atoms with Crippen LogP contribution in [0.1, 0.15) is 18.9 Å². The average molecular weight is 270 g/mol. The third-order valence-corrected chi connectivity index (χ3v) is 3.54. The van der Waals surface area contributed by atoms with Gasteiger partial charge in [0.1, 0.15) is 5.60 Å². The Kier molecular flexibility index (Phi) is 3.44. The first kappa shape index (κ1) is 11.1. The quantitative estimate of drug-likeness (QED) is 0.892. The molecule has 1 saturated heterocycles. The van der Waals surface area contributed by atoms with Crippen LogP contribution in [0, 0.1) is 0 Å². The fraction of sp³-hybridized carbons (Fsp3) is 0.500. The summed E-state index contributed by atoms with van der Waals surface area (Å²) in [6.07, 6.45) is 1.00. The van der Waals surface area contributed by atoms with Crippen molar-refractivity contribution in [2.75, 3.05) is 19.7 Å². The topological polar surface area (TPSA) is 21.3 Å². The highest BCUT2D eigenvalue weighted by atomic mass is 79.9. The molecule has 3 heteroatoms. The molecule has 0 saturated carbocycles. The number of hydrogen-bond donors (Lipinski definition) is 1. The largest absolute Gasteiger partial charge is 0.368 e. The number of halogens is 1. The maximum absolute atomic E-state index is 5.96. The molecule has 1 N–H and O–H groups in total. The van der Waals surface area contributed by atoms with Crippen molar-refractivity contribution in [3.05, 3.63) is 34.3 Å². The van der Waals surface area contributed by atoms with Crippen molar-refractivity contribution in [2.45, 2.75) is 18.9 Å². The monoisotopic (exact) mass is 269 g/mol. The highest BCUT2D eigenvalue weighted by Crippen LogP contribution is 2.31. The van der Waals surface area contributed by atoms with E-state index in [-0.39, 0.29) is 5.60 Å². The SMILES string of the molecule is CCC1(c2ccc(Br)cc2)CNCCO1. The zero-order valence-electron chi connectivity index (χ0n) is 8.92. The van der Waals surface area contributed by atoms with Crippen LogP contribution in [0.3, 0.4) is 0 Å². The minimum absolute atomic E-state index is 0.126. The molecule has 1 aromatic rings. The second-order valence-corrected chi connectivity index (χ2v) is 4.80. The number of morpholine rings is 1. The van der Waals surface area contributed by atoms with Crippen molar-refractivity contribution >= 4 is 15.9 Å². The van der Waals surface area contributed by atoms with Gasteiger partial charge in [-0.05, 0) is 24.1 Å². The van der Waals surface area contributed by atoms with E-state index in [0.717, 1.165) is 30.6 Å². The molecule has 2 rings (SSSR count). The van der Waals surface area contributed by atoms with Gasteiger partial charge in [0.25, 0.3) is 0 Å². The Morgan fingerprint density at radius 2 is 2.13 bits per heavy atom. The van der Waals surface area contributed by atoms with E-state index in [1.165, 1.54) is 5.56 Å². The van der Waals surface area contributed by atoms with Gasteiger partial charge in [-0.2, -0.15) is 0 Å². The summed E-state index contributed by atoms with van der Waals surface area (Å²) >= 11 is 3.45. The van der Waals surface area contributed by atoms with Crippen LogP contribution in [0.15, 0.2) is 28.7 Å². The Morgan fingerprint density at radius 1 is 1.40 bits per heavy atom. The van der Waals surface area contributed by atoms with Crippen LogP contribution in [0.2, 0.25) is 0 Å². The molecule has 82 valence electrons. The van der Waals surface area contributed by atoms with E-state index in [4.69, 9.17) is 4.74 Å². The molecule has 1 fully saturated rings. The van der Waals surface area contributed by atoms with Crippen LogP contribution in [-0.2, 0) is 10.3 Å². The molecule has 1 atom stereocenters. The Bertz CT molecular complexity index is 317. The van der Waals surface area contributed by atoms with E-state index >= 15 is 0 Å². The van der Waals surface area contributed by atoms with Gasteiger partial charge in [-0.1, -0.05) is 35.0 Å². The number of hydrogen-bond acceptors (Lipinski definition) is 2. The van der Waals surface area contributed by atoms with Gasteiger partial charge in [-0.15, -0.1) is 0 Å². The molecule has 1 aliphatic heterocycles. The fourth-order valence-corrected chi connectivity index (χ4v) is 2.29. The van der Waals surface area contributed by atoms with Crippen LogP contribution < -0.4 is 5.32 Å². The lowest BCUT2D eigenvalue weighted by Crippen LogP contribution is -2.47. The molecule has 1 aromatic carbocycles. The molecule has 15 heavy (non-hydrogen) atoms. The lowest BCUT2D eigenvalue weighted by Gasteiger charge is -2.37. The number of nitrogens with one attached hydrogen (secondary N) is 1. The Morgan fingerprint density at radius 3 is 2.67 bits per heavy atom. The van der Waals surface area contributed by atoms with E-state index in [9.17, 15) is 0 Å². The standard InChI is InChI=1S/C12H16BrNO/c1-2-12(9-14-7-8-15-12)10-3-5-11(13)6-4-10/h3-6,14H,2,7-9H2,1H3. The highest BCUT2D eigenvalue weighted by molar-refractivity contribution is 9.10. The van der Waals surface area contributed by atoms with Crippen molar-refractivity contribution in [3.63, 3.8) is 0 Å². The minimum atomic E-state index is -0.126. The van der Waals surface area contributed by atoms with Crippen molar-refractivity contribution in [2.24, 2.45) is 0 Å². The van der Waals surface area contributed by atoms with Gasteiger partial charge in [0.05, 0.1) is 6.61 Å². The molecule has 1 aliphatic rings. The molecule has 0 aromatic heterocycles. The first-order chi connectivity index (χ1) is 7.27. The van der Waals surface area contributed by atoms with Crippen molar-refractivity contribution in [3.8, 4) is 0 Å². The summed E-state index contributed by atoms with van der Waals surface area (Å²) in [4.78, 5) is 0. The predicted molar refractivity (Wildman–Crippen MR) is 64.9 cm³/mol. The molecule has 0 bridgehead atoms. The van der Waals surface area contributed by atoms with Gasteiger partial charge in [-0.3, -0.25) is 0 Å². The van der Waals surface area contributed by atoms with Crippen molar-refractivity contribution in [1.82, 2.24) is 5.32 Å². The van der Waals surface area contributed by atoms with E-state index in [2.05, 4.69) is 52.4 Å². The van der Waals surface area contributed by atoms with E-state index in [1.807, 2.05) is 0 Å². The molecule has 2 nitrogen and oxygen atoms in total. The molecule has 0 radical (unpaired) electrons. The van der Waals surface area contributed by atoms with Gasteiger partial charge in [0, 0.05) is 17.6 Å². The number of benzene rings is 1. The van der Waals surface area contributed by atoms with Gasteiger partial charge >= 0.3 is 0 Å². The zero-order valence-corrected chi connectivity index (χ0v) is 10.5. The molecular weight excluding hydrogens is 254 g/mol. The zero-order chi connectivity index (χ0) is 10.7. The second-order valence-electron chi connectivity index (χ2n) is 3.88. The Labute approximate surface area is 99.1 Å². The van der Waals surface area contributed by atoms with Crippen LogP contribution in [-0.4, -0.2) is 19.7 Å². The third kappa shape index (κ3) is 2.25. The third-order valence-electron chi connectivity index (χ3n) is 3.01. The summed E-state index contributed by atoms with van der Waals surface area (Å²) in [6.45, 7) is 4.84. The lowest BCUT2D eigenvalue weighted by atomic mass is 9.90. The van der Waals surface area contributed by atoms with Gasteiger partial charge in [0.15, 0.2) is 0 Å². The summed E-state index contributed by atoms with van der Waals surface area (Å²) in [6, 6.07) is 8.43. The van der Waals surface area contributed by atoms with E-state index < -0.39 is 0 Å². The molecule has 1 unspecified atom stereocenters. The number of ether oxygens (including phenoxy) is 1. The normalized spacial score (nSPS) is 26.5. The Hall–Kier alpha value is -0.380. The van der Waals surface area contributed by atoms with Gasteiger partial charge in [-0.25, -0.2) is 0 Å². The van der Waals surface area contributed by atoms with E-state index in [1.54, 1.807) is 0 Å². The summed E-state index contributed by atoms with van der Waals surface area (Å²) < 4.78 is 7.08. The van der Waals surface area contributed by atoms with Crippen LogP contribution in [0.4, 0.5) is 0 Å². The minimum Gasteiger partial charge on any atom is -0.368 e. The fourth-order valence-electron chi connectivity index (χ4n) is 2.03. The molecule has 0 amide bonds. The summed E-state index contributed by atoms with van der Waals surface area (Å²) in [7, 11) is 0. The van der Waals surface area contributed by atoms with Gasteiger partial charge in [0.2, 0.25) is 0 Å². The first-order valence-electron chi connectivity index (χ1n) is 5.37. The molecular formula is C12H16BrNO. The molecule has 1 heterocycles. The summed E-state index contributed by atoms with van der Waals surface area (Å²) in [5, 5.41) is 3.40. The number of rotatable bonds is 2. The van der Waals surface area contributed by atoms with Crippen LogP contribution in [0.5, 0.6) is 0 Å². The van der Waals surface area contributed by atoms with Crippen molar-refractivity contribution < 1.29 is 4.74 Å². The first-order valence-corrected chi connectivity index (χ1v) is 6.17. The maximum Gasteiger partial charge on any atom is 0.105 e. The summed E-state index contributed by atoms with van der Waals surface area (Å²) in [5.41, 5.74) is 1.14. The van der Waals surface area contributed by atoms with Crippen LogP contribution in [0.25, 0.3) is 0 Å². The Balaban J connectivity index is 2.28. The maximum atomic E-state index is 5.96. The molecule has 0 aliphatic carbocycles. The van der Waals surface area contributed by atoms with Crippen molar-refractivity contribution in [1.29, 1.82) is 0 Å².